The molecular weight excluding hydrogens is 252 g/mol. The quantitative estimate of drug-likeness (QED) is 0.727. The first-order chi connectivity index (χ1) is 9.22. The summed E-state index contributed by atoms with van der Waals surface area (Å²) < 4.78 is 0. The lowest BCUT2D eigenvalue weighted by atomic mass is 10.1. The van der Waals surface area contributed by atoms with Crippen molar-refractivity contribution in [3.05, 3.63) is 52.1 Å². The molecule has 3 aromatic rings. The van der Waals surface area contributed by atoms with E-state index in [0.29, 0.717) is 5.92 Å². The first-order valence-electron chi connectivity index (χ1n) is 6.71. The van der Waals surface area contributed by atoms with Gasteiger partial charge in [0.05, 0.1) is 11.2 Å². The lowest BCUT2D eigenvalue weighted by molar-refractivity contribution is 0.836. The van der Waals surface area contributed by atoms with E-state index in [1.165, 1.54) is 27.9 Å². The normalized spacial score (nSPS) is 11.5. The summed E-state index contributed by atoms with van der Waals surface area (Å²) in [4.78, 5) is 7.85. The Morgan fingerprint density at radius 2 is 2.16 bits per heavy atom. The van der Waals surface area contributed by atoms with Gasteiger partial charge >= 0.3 is 0 Å². The van der Waals surface area contributed by atoms with Crippen LogP contribution in [0.3, 0.4) is 0 Å². The molecule has 0 fully saturated rings. The minimum Gasteiger partial charge on any atom is -0.358 e. The van der Waals surface area contributed by atoms with Crippen molar-refractivity contribution >= 4 is 22.2 Å². The number of aromatic amines is 1. The van der Waals surface area contributed by atoms with Gasteiger partial charge in [-0.05, 0) is 41.8 Å². The molecule has 2 nitrogen and oxygen atoms in total. The van der Waals surface area contributed by atoms with E-state index in [-0.39, 0.29) is 1.43 Å². The molecule has 2 heterocycles. The van der Waals surface area contributed by atoms with Gasteiger partial charge in [0.25, 0.3) is 0 Å². The number of H-pyrrole nitrogens is 1. The molecule has 0 atom stereocenters. The average Bonchev–Trinajstić information content (AvgIpc) is 3.04. The SMILES string of the molecule is CC(C)c1cc2ccc(CCc3cscn3)cc2[nH]1.[HH]. The van der Waals surface area contributed by atoms with Gasteiger partial charge in [-0.25, -0.2) is 4.98 Å². The van der Waals surface area contributed by atoms with Crippen molar-refractivity contribution in [2.75, 3.05) is 0 Å². The fraction of sp³-hybridized carbons (Fsp3) is 0.312. The predicted octanol–water partition coefficient (Wildman–Crippen LogP) is 4.78. The van der Waals surface area contributed by atoms with E-state index in [9.17, 15) is 0 Å². The third-order valence-corrected chi connectivity index (χ3v) is 4.12. The van der Waals surface area contributed by atoms with E-state index in [2.05, 4.69) is 53.5 Å². The van der Waals surface area contributed by atoms with Crippen LogP contribution in [0, 0.1) is 0 Å². The Kier molecular flexibility index (Phi) is 3.38. The Morgan fingerprint density at radius 3 is 2.89 bits per heavy atom. The van der Waals surface area contributed by atoms with E-state index in [0.717, 1.165) is 12.8 Å². The number of fused-ring (bicyclic) bond motifs is 1. The molecule has 19 heavy (non-hydrogen) atoms. The predicted molar refractivity (Wildman–Crippen MR) is 84.0 cm³/mol. The lowest BCUT2D eigenvalue weighted by Crippen LogP contribution is -1.91. The molecule has 0 saturated carbocycles. The Morgan fingerprint density at radius 1 is 1.26 bits per heavy atom. The van der Waals surface area contributed by atoms with Crippen LogP contribution < -0.4 is 0 Å². The van der Waals surface area contributed by atoms with E-state index in [1.54, 1.807) is 11.3 Å². The molecule has 0 saturated heterocycles. The molecule has 2 aromatic heterocycles. The van der Waals surface area contributed by atoms with E-state index >= 15 is 0 Å². The standard InChI is InChI=1S/C16H18N2S.H2/c1-11(2)15-8-13-5-3-12(7-16(13)18-15)4-6-14-9-19-10-17-14;/h3,5,7-11,18H,4,6H2,1-2H3;1H. The maximum atomic E-state index is 4.33. The van der Waals surface area contributed by atoms with Gasteiger partial charge in [0.15, 0.2) is 0 Å². The van der Waals surface area contributed by atoms with Crippen molar-refractivity contribution in [1.29, 1.82) is 0 Å². The van der Waals surface area contributed by atoms with Gasteiger partial charge in [-0.3, -0.25) is 0 Å². The number of nitrogens with one attached hydrogen (secondary N) is 1. The third kappa shape index (κ3) is 2.71. The molecule has 0 radical (unpaired) electrons. The summed E-state index contributed by atoms with van der Waals surface area (Å²) in [5.41, 5.74) is 7.03. The van der Waals surface area contributed by atoms with Crippen LogP contribution in [0.5, 0.6) is 0 Å². The van der Waals surface area contributed by atoms with Crippen LogP contribution in [-0.2, 0) is 12.8 Å². The average molecular weight is 272 g/mol. The third-order valence-electron chi connectivity index (χ3n) is 3.48. The van der Waals surface area contributed by atoms with Gasteiger partial charge in [0.2, 0.25) is 0 Å². The highest BCUT2D eigenvalue weighted by Crippen LogP contribution is 2.22. The van der Waals surface area contributed by atoms with Gasteiger partial charge in [-0.2, -0.15) is 0 Å². The Bertz CT molecular complexity index is 671. The summed E-state index contributed by atoms with van der Waals surface area (Å²) in [6, 6.07) is 8.97. The molecule has 0 bridgehead atoms. The monoisotopic (exact) mass is 272 g/mol. The van der Waals surface area contributed by atoms with Crippen molar-refractivity contribution in [3.8, 4) is 0 Å². The number of aryl methyl sites for hydroxylation is 2. The summed E-state index contributed by atoms with van der Waals surface area (Å²) in [5, 5.41) is 3.44. The second-order valence-corrected chi connectivity index (χ2v) is 6.00. The van der Waals surface area contributed by atoms with Crippen LogP contribution in [0.2, 0.25) is 0 Å². The number of thiazole rings is 1. The van der Waals surface area contributed by atoms with Gasteiger partial charge in [0, 0.05) is 18.0 Å². The summed E-state index contributed by atoms with van der Waals surface area (Å²) >= 11 is 1.67. The minimum absolute atomic E-state index is 0. The Labute approximate surface area is 119 Å². The van der Waals surface area contributed by atoms with Crippen molar-refractivity contribution in [3.63, 3.8) is 0 Å². The van der Waals surface area contributed by atoms with Crippen LogP contribution in [0.1, 0.15) is 38.1 Å². The zero-order valence-electron chi connectivity index (χ0n) is 11.3. The van der Waals surface area contributed by atoms with Crippen LogP contribution in [0.4, 0.5) is 0 Å². The number of rotatable bonds is 4. The maximum Gasteiger partial charge on any atom is 0.0794 e. The molecule has 0 aliphatic rings. The molecule has 0 aliphatic carbocycles. The molecule has 1 N–H and O–H groups in total. The molecule has 0 spiro atoms. The summed E-state index contributed by atoms with van der Waals surface area (Å²) in [7, 11) is 0. The molecule has 0 amide bonds. The number of nitrogens with zero attached hydrogens (tertiary/aromatic N) is 1. The van der Waals surface area contributed by atoms with Crippen molar-refractivity contribution < 1.29 is 1.43 Å². The summed E-state index contributed by atoms with van der Waals surface area (Å²) in [6.45, 7) is 4.43. The number of hydrogen-bond acceptors (Lipinski definition) is 2. The van der Waals surface area contributed by atoms with Crippen LogP contribution in [0.25, 0.3) is 10.9 Å². The van der Waals surface area contributed by atoms with Gasteiger partial charge in [0.1, 0.15) is 0 Å². The molecular formula is C16H20N2S. The summed E-state index contributed by atoms with van der Waals surface area (Å²) in [6.07, 6.45) is 2.07. The van der Waals surface area contributed by atoms with Crippen LogP contribution >= 0.6 is 11.3 Å². The smallest absolute Gasteiger partial charge is 0.0794 e. The molecule has 100 valence electrons. The van der Waals surface area contributed by atoms with Gasteiger partial charge in [-0.15, -0.1) is 11.3 Å². The topological polar surface area (TPSA) is 28.7 Å². The highest BCUT2D eigenvalue weighted by molar-refractivity contribution is 7.07. The van der Waals surface area contributed by atoms with Crippen molar-refractivity contribution in [2.24, 2.45) is 0 Å². The molecule has 1 aromatic carbocycles. The van der Waals surface area contributed by atoms with Crippen LogP contribution in [-0.4, -0.2) is 9.97 Å². The maximum absolute atomic E-state index is 4.33. The second-order valence-electron chi connectivity index (χ2n) is 5.28. The zero-order chi connectivity index (χ0) is 13.2. The molecule has 3 rings (SSSR count). The molecule has 0 unspecified atom stereocenters. The number of benzene rings is 1. The zero-order valence-corrected chi connectivity index (χ0v) is 12.1. The number of aromatic nitrogens is 2. The summed E-state index contributed by atoms with van der Waals surface area (Å²) in [5.74, 6) is 0.547. The molecule has 0 aliphatic heterocycles. The highest BCUT2D eigenvalue weighted by Gasteiger charge is 2.05. The minimum atomic E-state index is 0. The number of hydrogen-bond donors (Lipinski definition) is 1. The van der Waals surface area contributed by atoms with E-state index in [4.69, 9.17) is 0 Å². The first kappa shape index (κ1) is 12.4. The first-order valence-corrected chi connectivity index (χ1v) is 7.65. The van der Waals surface area contributed by atoms with Crippen LogP contribution in [0.15, 0.2) is 35.2 Å². The van der Waals surface area contributed by atoms with E-state index in [1.807, 2.05) is 5.51 Å². The largest absolute Gasteiger partial charge is 0.358 e. The van der Waals surface area contributed by atoms with E-state index < -0.39 is 0 Å². The highest BCUT2D eigenvalue weighted by atomic mass is 32.1. The van der Waals surface area contributed by atoms with Gasteiger partial charge < -0.3 is 4.98 Å². The molecule has 3 heteroatoms. The second kappa shape index (κ2) is 5.17. The van der Waals surface area contributed by atoms with Gasteiger partial charge in [-0.1, -0.05) is 26.0 Å². The Balaban J connectivity index is 0.00000147. The fourth-order valence-electron chi connectivity index (χ4n) is 2.30. The lowest BCUT2D eigenvalue weighted by Gasteiger charge is -2.00. The van der Waals surface area contributed by atoms with Crippen molar-refractivity contribution in [1.82, 2.24) is 9.97 Å². The fourth-order valence-corrected chi connectivity index (χ4v) is 2.89. The Hall–Kier alpha value is -1.61. The van der Waals surface area contributed by atoms with Crippen molar-refractivity contribution in [2.45, 2.75) is 32.6 Å².